The molecule has 0 saturated heterocycles. The molecule has 0 aliphatic carbocycles. The Morgan fingerprint density at radius 1 is 1.03 bits per heavy atom. The van der Waals surface area contributed by atoms with Crippen molar-refractivity contribution in [2.75, 3.05) is 14.2 Å². The Labute approximate surface area is 199 Å². The third kappa shape index (κ3) is 5.37. The number of benzene rings is 2. The van der Waals surface area contributed by atoms with Crippen molar-refractivity contribution < 1.29 is 22.6 Å². The van der Waals surface area contributed by atoms with Gasteiger partial charge in [0.15, 0.2) is 11.5 Å². The van der Waals surface area contributed by atoms with Crippen LogP contribution in [0.1, 0.15) is 35.5 Å². The summed E-state index contributed by atoms with van der Waals surface area (Å²) in [6.07, 6.45) is -0.742. The van der Waals surface area contributed by atoms with Crippen molar-refractivity contribution in [2.45, 2.75) is 25.6 Å². The van der Waals surface area contributed by atoms with E-state index >= 15 is 0 Å². The normalized spacial score (nSPS) is 12.4. The number of methoxy groups -OCH3 is 2. The summed E-state index contributed by atoms with van der Waals surface area (Å²) in [6, 6.07) is 11.5. The Morgan fingerprint density at radius 2 is 1.74 bits per heavy atom. The second-order valence-electron chi connectivity index (χ2n) is 7.95. The zero-order chi connectivity index (χ0) is 25.2. The quantitative estimate of drug-likeness (QED) is 0.405. The van der Waals surface area contributed by atoms with Crippen LogP contribution in [0.3, 0.4) is 0 Å². The molecule has 2 aromatic carbocycles. The number of nitrogens with one attached hydrogen (secondary N) is 1. The zero-order valence-electron chi connectivity index (χ0n) is 19.3. The van der Waals surface area contributed by atoms with Crippen LogP contribution in [-0.4, -0.2) is 34.0 Å². The zero-order valence-corrected chi connectivity index (χ0v) is 19.3. The van der Waals surface area contributed by atoms with E-state index in [1.165, 1.54) is 18.2 Å². The van der Waals surface area contributed by atoms with Crippen LogP contribution in [0, 0.1) is 0 Å². The SMILES string of the molecule is COc1ccc(Cc2nc(-c3cnn(C(C)c4ccc(C(F)(F)F)cc4)c3)cc(=O)[nH]2)cc1OC. The van der Waals surface area contributed by atoms with Gasteiger partial charge in [-0.3, -0.25) is 9.48 Å². The summed E-state index contributed by atoms with van der Waals surface area (Å²) >= 11 is 0. The highest BCUT2D eigenvalue weighted by atomic mass is 19.4. The number of alkyl halides is 3. The van der Waals surface area contributed by atoms with E-state index in [1.807, 2.05) is 19.1 Å². The maximum atomic E-state index is 12.8. The molecule has 35 heavy (non-hydrogen) atoms. The summed E-state index contributed by atoms with van der Waals surface area (Å²) in [4.78, 5) is 19.6. The standard InChI is InChI=1S/C25H23F3N4O3/c1-15(17-5-7-19(8-6-17)25(26,27)28)32-14-18(13-29-32)20-12-24(33)31-23(30-20)11-16-4-9-21(34-2)22(10-16)35-3/h4-10,12-15H,11H2,1-3H3,(H,30,31,33). The van der Waals surface area contributed by atoms with Gasteiger partial charge in [0.05, 0.1) is 37.7 Å². The lowest BCUT2D eigenvalue weighted by atomic mass is 10.1. The van der Waals surface area contributed by atoms with E-state index in [-0.39, 0.29) is 11.6 Å². The predicted molar refractivity (Wildman–Crippen MR) is 124 cm³/mol. The molecule has 1 unspecified atom stereocenters. The minimum Gasteiger partial charge on any atom is -0.493 e. The highest BCUT2D eigenvalue weighted by molar-refractivity contribution is 5.56. The van der Waals surface area contributed by atoms with Gasteiger partial charge < -0.3 is 14.5 Å². The van der Waals surface area contributed by atoms with Gasteiger partial charge in [-0.1, -0.05) is 18.2 Å². The fourth-order valence-corrected chi connectivity index (χ4v) is 3.71. The molecule has 0 aliphatic rings. The number of hydrogen-bond acceptors (Lipinski definition) is 5. The van der Waals surface area contributed by atoms with Gasteiger partial charge in [0, 0.05) is 24.2 Å². The molecule has 4 aromatic rings. The third-order valence-electron chi connectivity index (χ3n) is 5.62. The molecule has 7 nitrogen and oxygen atoms in total. The van der Waals surface area contributed by atoms with E-state index in [9.17, 15) is 18.0 Å². The molecule has 1 N–H and O–H groups in total. The van der Waals surface area contributed by atoms with Crippen molar-refractivity contribution in [3.8, 4) is 22.8 Å². The van der Waals surface area contributed by atoms with Crippen molar-refractivity contribution in [3.63, 3.8) is 0 Å². The van der Waals surface area contributed by atoms with Crippen LogP contribution in [0.4, 0.5) is 13.2 Å². The van der Waals surface area contributed by atoms with Crippen molar-refractivity contribution in [3.05, 3.63) is 93.8 Å². The number of aromatic amines is 1. The number of ether oxygens (including phenoxy) is 2. The topological polar surface area (TPSA) is 82.0 Å². The molecule has 2 heterocycles. The van der Waals surface area contributed by atoms with Crippen LogP contribution in [0.15, 0.2) is 65.7 Å². The van der Waals surface area contributed by atoms with Gasteiger partial charge in [-0.05, 0) is 42.3 Å². The van der Waals surface area contributed by atoms with E-state index in [0.717, 1.165) is 17.7 Å². The molecule has 0 fully saturated rings. The molecule has 182 valence electrons. The van der Waals surface area contributed by atoms with E-state index in [2.05, 4.69) is 15.1 Å². The van der Waals surface area contributed by atoms with Gasteiger partial charge >= 0.3 is 6.18 Å². The fraction of sp³-hybridized carbons (Fsp3) is 0.240. The van der Waals surface area contributed by atoms with Crippen LogP contribution >= 0.6 is 0 Å². The second-order valence-corrected chi connectivity index (χ2v) is 7.95. The molecule has 0 saturated carbocycles. The maximum absolute atomic E-state index is 12.8. The van der Waals surface area contributed by atoms with Gasteiger partial charge in [-0.15, -0.1) is 0 Å². The molecule has 0 aliphatic heterocycles. The summed E-state index contributed by atoms with van der Waals surface area (Å²) in [5.74, 6) is 1.63. The molecule has 4 rings (SSSR count). The van der Waals surface area contributed by atoms with Crippen molar-refractivity contribution in [1.29, 1.82) is 0 Å². The van der Waals surface area contributed by atoms with Crippen molar-refractivity contribution in [1.82, 2.24) is 19.7 Å². The molecular weight excluding hydrogens is 461 g/mol. The lowest BCUT2D eigenvalue weighted by Gasteiger charge is -2.14. The number of rotatable bonds is 7. The van der Waals surface area contributed by atoms with Crippen LogP contribution < -0.4 is 15.0 Å². The van der Waals surface area contributed by atoms with Crippen LogP contribution in [0.5, 0.6) is 11.5 Å². The number of hydrogen-bond donors (Lipinski definition) is 1. The van der Waals surface area contributed by atoms with Gasteiger partial charge in [-0.25, -0.2) is 4.98 Å². The molecule has 0 amide bonds. The average molecular weight is 484 g/mol. The van der Waals surface area contributed by atoms with Crippen LogP contribution in [0.2, 0.25) is 0 Å². The maximum Gasteiger partial charge on any atom is 0.416 e. The summed E-state index contributed by atoms with van der Waals surface area (Å²) < 4.78 is 50.7. The number of aromatic nitrogens is 4. The van der Waals surface area contributed by atoms with E-state index < -0.39 is 11.7 Å². The number of H-pyrrole nitrogens is 1. The molecular formula is C25H23F3N4O3. The Hall–Kier alpha value is -4.08. The van der Waals surface area contributed by atoms with Gasteiger partial charge in [-0.2, -0.15) is 18.3 Å². The average Bonchev–Trinajstić information content (AvgIpc) is 3.33. The van der Waals surface area contributed by atoms with Gasteiger partial charge in [0.2, 0.25) is 0 Å². The van der Waals surface area contributed by atoms with Crippen molar-refractivity contribution in [2.24, 2.45) is 0 Å². The van der Waals surface area contributed by atoms with E-state index in [1.54, 1.807) is 37.4 Å². The number of halogens is 3. The first-order valence-electron chi connectivity index (χ1n) is 10.7. The van der Waals surface area contributed by atoms with Crippen LogP contribution in [-0.2, 0) is 12.6 Å². The van der Waals surface area contributed by atoms with E-state index in [0.29, 0.717) is 40.6 Å². The van der Waals surface area contributed by atoms with Crippen molar-refractivity contribution >= 4 is 0 Å². The summed E-state index contributed by atoms with van der Waals surface area (Å²) in [5.41, 5.74) is 1.58. The first kappa shape index (κ1) is 24.1. The number of nitrogens with zero attached hydrogens (tertiary/aromatic N) is 3. The Bertz CT molecular complexity index is 1380. The molecule has 0 spiro atoms. The molecule has 0 radical (unpaired) electrons. The Morgan fingerprint density at radius 3 is 2.40 bits per heavy atom. The lowest BCUT2D eigenvalue weighted by Crippen LogP contribution is -2.11. The third-order valence-corrected chi connectivity index (χ3v) is 5.62. The second kappa shape index (κ2) is 9.65. The monoisotopic (exact) mass is 484 g/mol. The first-order valence-corrected chi connectivity index (χ1v) is 10.7. The minimum atomic E-state index is -4.39. The summed E-state index contributed by atoms with van der Waals surface area (Å²) in [7, 11) is 3.10. The predicted octanol–water partition coefficient (Wildman–Crippen LogP) is 4.87. The summed E-state index contributed by atoms with van der Waals surface area (Å²) in [5, 5.41) is 4.34. The minimum absolute atomic E-state index is 0.311. The highest BCUT2D eigenvalue weighted by Gasteiger charge is 2.30. The first-order chi connectivity index (χ1) is 16.7. The molecule has 2 aromatic heterocycles. The molecule has 10 heteroatoms. The fourth-order valence-electron chi connectivity index (χ4n) is 3.71. The Kier molecular flexibility index (Phi) is 6.63. The smallest absolute Gasteiger partial charge is 0.416 e. The highest BCUT2D eigenvalue weighted by Crippen LogP contribution is 2.31. The van der Waals surface area contributed by atoms with Gasteiger partial charge in [0.25, 0.3) is 5.56 Å². The van der Waals surface area contributed by atoms with E-state index in [4.69, 9.17) is 9.47 Å². The Balaban J connectivity index is 1.57. The van der Waals surface area contributed by atoms with Gasteiger partial charge in [0.1, 0.15) is 5.82 Å². The molecule has 0 bridgehead atoms. The lowest BCUT2D eigenvalue weighted by molar-refractivity contribution is -0.137. The summed E-state index contributed by atoms with van der Waals surface area (Å²) in [6.45, 7) is 1.83. The van der Waals surface area contributed by atoms with Crippen LogP contribution in [0.25, 0.3) is 11.3 Å². The molecule has 1 atom stereocenters. The largest absolute Gasteiger partial charge is 0.493 e.